The van der Waals surface area contributed by atoms with Gasteiger partial charge in [0.25, 0.3) is 5.91 Å². The Morgan fingerprint density at radius 3 is 2.38 bits per heavy atom. The molecule has 0 saturated carbocycles. The molecule has 1 amide bonds. The van der Waals surface area contributed by atoms with E-state index in [0.29, 0.717) is 27.5 Å². The van der Waals surface area contributed by atoms with Crippen molar-refractivity contribution in [3.05, 3.63) is 89.5 Å². The van der Waals surface area contributed by atoms with Crippen LogP contribution >= 0.6 is 0 Å². The molecule has 45 heavy (non-hydrogen) atoms. The van der Waals surface area contributed by atoms with Crippen LogP contribution in [0.5, 0.6) is 5.75 Å². The van der Waals surface area contributed by atoms with Crippen molar-refractivity contribution < 1.29 is 31.1 Å². The second-order valence-corrected chi connectivity index (χ2v) is 12.6. The monoisotopic (exact) mass is 630 g/mol. The number of aryl methyl sites for hydroxylation is 1. The number of benzene rings is 3. The topological polar surface area (TPSA) is 118 Å². The minimum absolute atomic E-state index is 0.0582. The number of nitrogens with one attached hydrogen (secondary N) is 2. The smallest absolute Gasteiger partial charge is 0.255 e. The van der Waals surface area contributed by atoms with Crippen LogP contribution in [0.2, 0.25) is 0 Å². The first-order valence-corrected chi connectivity index (χ1v) is 15.6. The van der Waals surface area contributed by atoms with Crippen molar-refractivity contribution in [2.75, 3.05) is 31.8 Å². The number of methoxy groups -OCH3 is 1. The number of carbonyl (C=O) groups is 1. The first kappa shape index (κ1) is 29.8. The number of ether oxygens (including phenoxy) is 1. The average molecular weight is 631 g/mol. The van der Waals surface area contributed by atoms with Crippen LogP contribution < -0.4 is 14.4 Å². The number of anilines is 1. The van der Waals surface area contributed by atoms with E-state index in [0.717, 1.165) is 22.2 Å². The molecule has 12 heteroatoms. The van der Waals surface area contributed by atoms with Gasteiger partial charge in [-0.15, -0.1) is 0 Å². The van der Waals surface area contributed by atoms with Crippen molar-refractivity contribution in [1.82, 2.24) is 15.3 Å². The molecule has 6 aromatic rings. The Hall–Kier alpha value is -5.23. The minimum atomic E-state index is -3.86. The fourth-order valence-electron chi connectivity index (χ4n) is 5.28. The summed E-state index contributed by atoms with van der Waals surface area (Å²) in [4.78, 5) is 21.0. The molecule has 0 bridgehead atoms. The van der Waals surface area contributed by atoms with Crippen LogP contribution in [0.4, 0.5) is 14.5 Å². The van der Waals surface area contributed by atoms with Gasteiger partial charge < -0.3 is 19.5 Å². The molecule has 3 aromatic carbocycles. The van der Waals surface area contributed by atoms with E-state index in [1.54, 1.807) is 12.1 Å². The predicted octanol–water partition coefficient (Wildman–Crippen LogP) is 6.66. The third-order valence-electron chi connectivity index (χ3n) is 7.69. The summed E-state index contributed by atoms with van der Waals surface area (Å²) in [6, 6.07) is 17.5. The molecule has 0 aliphatic heterocycles. The number of sulfonamides is 1. The number of hydrogen-bond acceptors (Lipinski definition) is 6. The third-order valence-corrected chi connectivity index (χ3v) is 8.88. The summed E-state index contributed by atoms with van der Waals surface area (Å²) in [5, 5.41) is 3.25. The van der Waals surface area contributed by atoms with Crippen molar-refractivity contribution in [1.29, 1.82) is 0 Å². The zero-order valence-corrected chi connectivity index (χ0v) is 25.8. The van der Waals surface area contributed by atoms with Gasteiger partial charge in [0.05, 0.1) is 30.3 Å². The second-order valence-electron chi connectivity index (χ2n) is 10.6. The highest BCUT2D eigenvalue weighted by Crippen LogP contribution is 2.43. The number of pyridine rings is 1. The Kier molecular flexibility index (Phi) is 7.32. The molecular weight excluding hydrogens is 602 g/mol. The van der Waals surface area contributed by atoms with E-state index in [2.05, 4.69) is 15.3 Å². The summed E-state index contributed by atoms with van der Waals surface area (Å²) < 4.78 is 68.7. The van der Waals surface area contributed by atoms with Gasteiger partial charge in [0.15, 0.2) is 5.82 Å². The second kappa shape index (κ2) is 11.0. The molecule has 2 N–H and O–H groups in total. The quantitative estimate of drug-likeness (QED) is 0.204. The van der Waals surface area contributed by atoms with Crippen LogP contribution in [-0.2, 0) is 10.0 Å². The Morgan fingerprint density at radius 2 is 1.73 bits per heavy atom. The maximum Gasteiger partial charge on any atom is 0.255 e. The van der Waals surface area contributed by atoms with E-state index in [9.17, 15) is 17.6 Å². The highest BCUT2D eigenvalue weighted by molar-refractivity contribution is 7.92. The maximum absolute atomic E-state index is 16.0. The lowest BCUT2D eigenvalue weighted by atomic mass is 10.00. The van der Waals surface area contributed by atoms with Gasteiger partial charge in [-0.2, -0.15) is 0 Å². The largest absolute Gasteiger partial charge is 0.494 e. The van der Waals surface area contributed by atoms with Gasteiger partial charge in [0.2, 0.25) is 10.0 Å². The molecule has 0 saturated heterocycles. The molecule has 0 radical (unpaired) electrons. The maximum atomic E-state index is 16.0. The van der Waals surface area contributed by atoms with Crippen LogP contribution in [0.15, 0.2) is 71.1 Å². The fourth-order valence-corrected chi connectivity index (χ4v) is 5.78. The van der Waals surface area contributed by atoms with Crippen molar-refractivity contribution in [3.8, 4) is 39.7 Å². The zero-order valence-electron chi connectivity index (χ0n) is 25.0. The molecule has 0 unspecified atom stereocenters. The molecule has 3 aromatic heterocycles. The summed E-state index contributed by atoms with van der Waals surface area (Å²) in [6.45, 7) is 1.93. The summed E-state index contributed by atoms with van der Waals surface area (Å²) in [5.74, 6) is -1.39. The lowest BCUT2D eigenvalue weighted by Gasteiger charge is -2.21. The highest BCUT2D eigenvalue weighted by atomic mass is 32.2. The summed E-state index contributed by atoms with van der Waals surface area (Å²) in [7, 11) is 0.301. The number of hydrogen-bond donors (Lipinski definition) is 2. The van der Waals surface area contributed by atoms with E-state index in [1.165, 1.54) is 45.5 Å². The van der Waals surface area contributed by atoms with Crippen LogP contribution in [-0.4, -0.2) is 51.8 Å². The van der Waals surface area contributed by atoms with Gasteiger partial charge in [0.1, 0.15) is 34.3 Å². The summed E-state index contributed by atoms with van der Waals surface area (Å²) >= 11 is 0. The Balaban J connectivity index is 1.67. The molecule has 0 aliphatic rings. The van der Waals surface area contributed by atoms with Gasteiger partial charge in [-0.1, -0.05) is 35.9 Å². The number of aromatic nitrogens is 2. The lowest BCUT2D eigenvalue weighted by Crippen LogP contribution is -2.25. The molecule has 6 rings (SSSR count). The molecule has 0 fully saturated rings. The molecule has 0 atom stereocenters. The van der Waals surface area contributed by atoms with E-state index >= 15 is 4.39 Å². The zero-order chi connectivity index (χ0) is 32.2. The first-order valence-electron chi connectivity index (χ1n) is 13.8. The van der Waals surface area contributed by atoms with Gasteiger partial charge in [0, 0.05) is 53.6 Å². The standard InChI is InChI=1S/C33H28F2N4O5S/c1-17-9-11-18(12-10-17)32-29(33(40)36-2)21-13-20(26(16-27(21)44-32)39(3)45(5,41)42)30-23(35)15-28(43-4)31(38-30)25-14-19-22(34)7-6-8-24(19)37-25/h6-16,37H,1-5H3,(H,36,40). The van der Waals surface area contributed by atoms with Crippen molar-refractivity contribution >= 4 is 43.5 Å². The minimum Gasteiger partial charge on any atom is -0.494 e. The van der Waals surface area contributed by atoms with E-state index < -0.39 is 27.6 Å². The summed E-state index contributed by atoms with van der Waals surface area (Å²) in [6.07, 6.45) is 1.01. The van der Waals surface area contributed by atoms with Crippen molar-refractivity contribution in [2.24, 2.45) is 0 Å². The SMILES string of the molecule is CNC(=O)c1c(-c2ccc(C)cc2)oc2cc(N(C)S(C)(=O)=O)c(-c3nc(-c4cc5c(F)cccc5[nH]4)c(OC)cc3F)cc12. The third kappa shape index (κ3) is 5.16. The predicted molar refractivity (Wildman–Crippen MR) is 170 cm³/mol. The normalized spacial score (nSPS) is 11.7. The Morgan fingerprint density at radius 1 is 1.00 bits per heavy atom. The van der Waals surface area contributed by atoms with Gasteiger partial charge in [-0.05, 0) is 31.2 Å². The molecular formula is C33H28F2N4O5S. The number of amides is 1. The van der Waals surface area contributed by atoms with E-state index in [1.807, 2.05) is 31.2 Å². The number of fused-ring (bicyclic) bond motifs is 2. The van der Waals surface area contributed by atoms with Crippen LogP contribution in [0.25, 0.3) is 55.8 Å². The number of H-pyrrole nitrogens is 1. The van der Waals surface area contributed by atoms with Crippen molar-refractivity contribution in [3.63, 3.8) is 0 Å². The number of halogens is 2. The number of carbonyl (C=O) groups excluding carboxylic acids is 1. The highest BCUT2D eigenvalue weighted by Gasteiger charge is 2.28. The van der Waals surface area contributed by atoms with Gasteiger partial charge >= 0.3 is 0 Å². The van der Waals surface area contributed by atoms with Gasteiger partial charge in [-0.3, -0.25) is 9.10 Å². The molecule has 230 valence electrons. The lowest BCUT2D eigenvalue weighted by molar-refractivity contribution is 0.0964. The van der Waals surface area contributed by atoms with Crippen LogP contribution in [0.1, 0.15) is 15.9 Å². The Labute approximate surface area is 257 Å². The number of rotatable bonds is 7. The molecule has 0 aliphatic carbocycles. The van der Waals surface area contributed by atoms with E-state index in [4.69, 9.17) is 9.15 Å². The number of aromatic amines is 1. The number of furan rings is 1. The Bertz CT molecular complexity index is 2240. The van der Waals surface area contributed by atoms with Crippen molar-refractivity contribution in [2.45, 2.75) is 6.92 Å². The average Bonchev–Trinajstić information content (AvgIpc) is 3.62. The van der Waals surface area contributed by atoms with Crippen LogP contribution in [0.3, 0.4) is 0 Å². The summed E-state index contributed by atoms with van der Waals surface area (Å²) in [5.41, 5.74) is 2.94. The number of nitrogens with zero attached hydrogens (tertiary/aromatic N) is 2. The molecule has 9 nitrogen and oxygen atoms in total. The molecule has 3 heterocycles. The molecule has 0 spiro atoms. The first-order chi connectivity index (χ1) is 21.4. The van der Waals surface area contributed by atoms with Crippen LogP contribution in [0, 0.1) is 18.6 Å². The van der Waals surface area contributed by atoms with E-state index in [-0.39, 0.29) is 45.3 Å². The van der Waals surface area contributed by atoms with Gasteiger partial charge in [-0.25, -0.2) is 22.2 Å². The fraction of sp³-hybridized carbons (Fsp3) is 0.152.